The molecule has 2 heterocycles. The Bertz CT molecular complexity index is 606. The molecule has 1 saturated carbocycles. The Morgan fingerprint density at radius 3 is 2.57 bits per heavy atom. The smallest absolute Gasteiger partial charge is 0.324 e. The molecule has 1 aliphatic carbocycles. The number of nitrogens with zero attached hydrogens (tertiary/aromatic N) is 3. The van der Waals surface area contributed by atoms with Crippen LogP contribution < -0.4 is 5.32 Å². The molecule has 30 heavy (non-hydrogen) atoms. The maximum absolute atomic E-state index is 13.5. The summed E-state index contributed by atoms with van der Waals surface area (Å²) in [6.45, 7) is 7.81. The molecule has 3 rings (SSSR count). The van der Waals surface area contributed by atoms with Crippen molar-refractivity contribution in [1.29, 1.82) is 0 Å². The van der Waals surface area contributed by atoms with Gasteiger partial charge in [-0.25, -0.2) is 4.79 Å². The van der Waals surface area contributed by atoms with E-state index in [0.717, 1.165) is 32.2 Å². The minimum atomic E-state index is -0.450. The zero-order valence-electron chi connectivity index (χ0n) is 19.4. The summed E-state index contributed by atoms with van der Waals surface area (Å²) in [7, 11) is 6.04. The highest BCUT2D eigenvalue weighted by Gasteiger charge is 2.49. The van der Waals surface area contributed by atoms with E-state index in [0.29, 0.717) is 44.8 Å². The number of urea groups is 1. The third kappa shape index (κ3) is 5.52. The van der Waals surface area contributed by atoms with Gasteiger partial charge in [0.15, 0.2) is 5.79 Å². The number of likely N-dealkylation sites (tertiary alicyclic amines) is 1. The van der Waals surface area contributed by atoms with Crippen molar-refractivity contribution in [2.45, 2.75) is 51.4 Å². The number of fused-ring (bicyclic) bond motifs is 1. The number of hydrogen-bond donors (Lipinski definition) is 1. The molecule has 3 atom stereocenters. The first-order valence-corrected chi connectivity index (χ1v) is 11.4. The quantitative estimate of drug-likeness (QED) is 0.698. The molecule has 172 valence electrons. The van der Waals surface area contributed by atoms with Crippen LogP contribution in [0.2, 0.25) is 0 Å². The second-order valence-corrected chi connectivity index (χ2v) is 9.93. The van der Waals surface area contributed by atoms with Gasteiger partial charge in [0.25, 0.3) is 0 Å². The third-order valence-corrected chi connectivity index (χ3v) is 6.66. The Kier molecular flexibility index (Phi) is 7.76. The van der Waals surface area contributed by atoms with Gasteiger partial charge in [0.1, 0.15) is 0 Å². The van der Waals surface area contributed by atoms with E-state index in [4.69, 9.17) is 9.47 Å². The van der Waals surface area contributed by atoms with Crippen LogP contribution in [0.15, 0.2) is 0 Å². The fraction of sp³-hybridized carbons (Fsp3) is 0.909. The van der Waals surface area contributed by atoms with Crippen LogP contribution >= 0.6 is 0 Å². The molecule has 1 spiro atoms. The first-order chi connectivity index (χ1) is 14.2. The van der Waals surface area contributed by atoms with Crippen molar-refractivity contribution in [2.75, 3.05) is 60.5 Å². The summed E-state index contributed by atoms with van der Waals surface area (Å²) in [5.74, 6) is -0.104. The summed E-state index contributed by atoms with van der Waals surface area (Å²) in [6, 6.07) is 0.183. The van der Waals surface area contributed by atoms with Crippen molar-refractivity contribution >= 4 is 11.9 Å². The monoisotopic (exact) mass is 424 g/mol. The molecule has 0 aromatic rings. The lowest BCUT2D eigenvalue weighted by molar-refractivity contribution is -0.202. The first-order valence-electron chi connectivity index (χ1n) is 11.4. The largest absolute Gasteiger partial charge is 0.348 e. The normalized spacial score (nSPS) is 28.7. The molecule has 0 aromatic heterocycles. The fourth-order valence-electron chi connectivity index (χ4n) is 5.26. The Labute approximate surface area is 181 Å². The van der Waals surface area contributed by atoms with Gasteiger partial charge in [-0.15, -0.1) is 0 Å². The van der Waals surface area contributed by atoms with E-state index in [1.165, 1.54) is 4.90 Å². The molecule has 8 nitrogen and oxygen atoms in total. The van der Waals surface area contributed by atoms with Gasteiger partial charge in [-0.2, -0.15) is 0 Å². The van der Waals surface area contributed by atoms with Crippen molar-refractivity contribution < 1.29 is 19.1 Å². The average Bonchev–Trinajstić information content (AvgIpc) is 3.12. The molecule has 0 aromatic carbocycles. The number of ether oxygens (including phenoxy) is 2. The zero-order valence-corrected chi connectivity index (χ0v) is 19.4. The van der Waals surface area contributed by atoms with Crippen LogP contribution in [0.3, 0.4) is 0 Å². The van der Waals surface area contributed by atoms with Crippen LogP contribution in [0.1, 0.15) is 39.5 Å². The van der Waals surface area contributed by atoms with Crippen molar-refractivity contribution in [2.24, 2.45) is 17.8 Å². The SMILES string of the molecule is CC(C)CN(C(=O)NCCN(C)C)C(=O)[C@@H]1C[C@@H]2CC3(CC[C@H]2N(C)C1)OCCO3. The number of piperidine rings is 1. The van der Waals surface area contributed by atoms with Gasteiger partial charge in [-0.1, -0.05) is 13.8 Å². The van der Waals surface area contributed by atoms with E-state index in [9.17, 15) is 9.59 Å². The summed E-state index contributed by atoms with van der Waals surface area (Å²) in [5, 5.41) is 2.92. The lowest BCUT2D eigenvalue weighted by Gasteiger charge is -2.49. The Balaban J connectivity index is 1.66. The van der Waals surface area contributed by atoms with Crippen LogP contribution in [-0.4, -0.2) is 99.0 Å². The standard InChI is InChI=1S/C22H40N4O4/c1-16(2)14-26(21(28)23-8-9-24(3)4)20(27)18-12-17-13-22(29-10-11-30-22)7-6-19(17)25(5)15-18/h16-19H,6-15H2,1-5H3,(H,23,28)/t17-,18-,19-/m1/s1. The number of carbonyl (C=O) groups is 2. The van der Waals surface area contributed by atoms with Gasteiger partial charge in [-0.3, -0.25) is 9.69 Å². The Morgan fingerprint density at radius 1 is 1.23 bits per heavy atom. The van der Waals surface area contributed by atoms with Crippen molar-refractivity contribution in [1.82, 2.24) is 20.0 Å². The van der Waals surface area contributed by atoms with Crippen molar-refractivity contribution in [3.63, 3.8) is 0 Å². The zero-order chi connectivity index (χ0) is 21.9. The fourth-order valence-corrected chi connectivity index (χ4v) is 5.26. The molecule has 3 amide bonds. The van der Waals surface area contributed by atoms with E-state index in [1.807, 2.05) is 32.8 Å². The molecule has 3 aliphatic rings. The predicted octanol–water partition coefficient (Wildman–Crippen LogP) is 1.61. The molecule has 3 fully saturated rings. The van der Waals surface area contributed by atoms with E-state index in [1.54, 1.807) is 0 Å². The number of imide groups is 1. The highest BCUT2D eigenvalue weighted by atomic mass is 16.7. The summed E-state index contributed by atoms with van der Waals surface area (Å²) in [6.07, 6.45) is 3.58. The Hall–Kier alpha value is -1.22. The van der Waals surface area contributed by atoms with Gasteiger partial charge >= 0.3 is 6.03 Å². The summed E-state index contributed by atoms with van der Waals surface area (Å²) in [4.78, 5) is 32.1. The van der Waals surface area contributed by atoms with Crippen LogP contribution in [0.5, 0.6) is 0 Å². The van der Waals surface area contributed by atoms with E-state index in [2.05, 4.69) is 17.3 Å². The number of rotatable bonds is 6. The minimum Gasteiger partial charge on any atom is -0.348 e. The lowest BCUT2D eigenvalue weighted by Crippen LogP contribution is -2.57. The van der Waals surface area contributed by atoms with Crippen LogP contribution in [-0.2, 0) is 14.3 Å². The highest BCUT2D eigenvalue weighted by Crippen LogP contribution is 2.45. The molecule has 1 N–H and O–H groups in total. The number of amides is 3. The molecule has 0 unspecified atom stereocenters. The summed E-state index contributed by atoms with van der Waals surface area (Å²) < 4.78 is 11.9. The maximum atomic E-state index is 13.5. The Morgan fingerprint density at radius 2 is 1.93 bits per heavy atom. The summed E-state index contributed by atoms with van der Waals surface area (Å²) >= 11 is 0. The van der Waals surface area contributed by atoms with Gasteiger partial charge < -0.3 is 24.6 Å². The van der Waals surface area contributed by atoms with E-state index < -0.39 is 5.79 Å². The first kappa shape index (κ1) is 23.4. The van der Waals surface area contributed by atoms with Crippen LogP contribution in [0.4, 0.5) is 4.79 Å². The van der Waals surface area contributed by atoms with E-state index >= 15 is 0 Å². The number of likely N-dealkylation sites (N-methyl/N-ethyl adjacent to an activating group) is 1. The van der Waals surface area contributed by atoms with Crippen molar-refractivity contribution in [3.05, 3.63) is 0 Å². The van der Waals surface area contributed by atoms with Gasteiger partial charge in [0, 0.05) is 45.1 Å². The topological polar surface area (TPSA) is 74.4 Å². The summed E-state index contributed by atoms with van der Waals surface area (Å²) in [5.41, 5.74) is 0. The maximum Gasteiger partial charge on any atom is 0.324 e. The van der Waals surface area contributed by atoms with Crippen LogP contribution in [0, 0.1) is 17.8 Å². The lowest BCUT2D eigenvalue weighted by atomic mass is 9.72. The predicted molar refractivity (Wildman–Crippen MR) is 115 cm³/mol. The van der Waals surface area contributed by atoms with Gasteiger partial charge in [0.05, 0.1) is 19.1 Å². The second kappa shape index (κ2) is 9.94. The van der Waals surface area contributed by atoms with Crippen molar-refractivity contribution in [3.8, 4) is 0 Å². The minimum absolute atomic E-state index is 0.0516. The molecular weight excluding hydrogens is 384 g/mol. The molecule has 2 aliphatic heterocycles. The van der Waals surface area contributed by atoms with Gasteiger partial charge in [0.2, 0.25) is 5.91 Å². The third-order valence-electron chi connectivity index (χ3n) is 6.66. The van der Waals surface area contributed by atoms with Crippen LogP contribution in [0.25, 0.3) is 0 Å². The van der Waals surface area contributed by atoms with Gasteiger partial charge in [-0.05, 0) is 45.8 Å². The molecule has 8 heteroatoms. The number of nitrogens with one attached hydrogen (secondary N) is 1. The average molecular weight is 425 g/mol. The molecule has 0 radical (unpaired) electrons. The number of hydrogen-bond acceptors (Lipinski definition) is 6. The second-order valence-electron chi connectivity index (χ2n) is 9.93. The number of carbonyl (C=O) groups excluding carboxylic acids is 2. The molecule has 2 saturated heterocycles. The molecular formula is C22H40N4O4. The van der Waals surface area contributed by atoms with E-state index in [-0.39, 0.29) is 23.8 Å². The molecule has 0 bridgehead atoms. The highest BCUT2D eigenvalue weighted by molar-refractivity contribution is 5.95.